The van der Waals surface area contributed by atoms with Crippen LogP contribution in [0.25, 0.3) is 0 Å². The molecule has 3 nitrogen and oxygen atoms in total. The summed E-state index contributed by atoms with van der Waals surface area (Å²) in [5.74, 6) is 0.234. The maximum Gasteiger partial charge on any atom is 0.309 e. The molecule has 2 saturated carbocycles. The summed E-state index contributed by atoms with van der Waals surface area (Å²) in [5.41, 5.74) is 0. The first-order chi connectivity index (χ1) is 10.6. The molecule has 0 aromatic rings. The number of rotatable bonds is 4. The average Bonchev–Trinajstić information content (AvgIpc) is 2.56. The molecule has 0 aromatic heterocycles. The molecule has 2 aliphatic carbocycles. The highest BCUT2D eigenvalue weighted by atomic mass is 19.1. The molecule has 0 aromatic carbocycles. The fourth-order valence-corrected chi connectivity index (χ4v) is 3.68. The Morgan fingerprint density at radius 2 is 1.82 bits per heavy atom. The van der Waals surface area contributed by atoms with Gasteiger partial charge in [0.25, 0.3) is 0 Å². The van der Waals surface area contributed by atoms with Crippen LogP contribution in [0.2, 0.25) is 0 Å². The maximum atomic E-state index is 12.9. The molecular weight excluding hydrogens is 281 g/mol. The summed E-state index contributed by atoms with van der Waals surface area (Å²) >= 11 is 0. The molecular formula is C18H26FNO2. The summed E-state index contributed by atoms with van der Waals surface area (Å²) in [7, 11) is 0. The number of hydrogen-bond donors (Lipinski definition) is 0. The molecule has 0 spiro atoms. The number of halogens is 1. The molecule has 2 fully saturated rings. The zero-order valence-electron chi connectivity index (χ0n) is 13.4. The van der Waals surface area contributed by atoms with Crippen molar-refractivity contribution in [3.8, 4) is 6.07 Å². The van der Waals surface area contributed by atoms with Gasteiger partial charge in [0.2, 0.25) is 0 Å². The number of carbonyl (C=O) groups excluding carboxylic acids is 1. The molecule has 0 amide bonds. The minimum Gasteiger partial charge on any atom is -0.462 e. The van der Waals surface area contributed by atoms with E-state index in [2.05, 4.69) is 6.92 Å². The molecule has 2 aliphatic rings. The Kier molecular flexibility index (Phi) is 6.42. The van der Waals surface area contributed by atoms with Gasteiger partial charge in [-0.2, -0.15) is 9.65 Å². The Labute approximate surface area is 132 Å². The molecule has 0 N–H and O–H groups in total. The molecule has 2 rings (SSSR count). The van der Waals surface area contributed by atoms with Crippen LogP contribution in [-0.2, 0) is 9.53 Å². The van der Waals surface area contributed by atoms with E-state index in [4.69, 9.17) is 10.00 Å². The standard InChI is InChI=1S/C18H26FNO2/c1-2-13-3-7-15(8-4-13)18(21)22-17-9-5-14(6-10-17)11-16(19)12-20/h11,13-15,17H,2-10H2,1H3/b16-11+. The van der Waals surface area contributed by atoms with E-state index in [0.29, 0.717) is 0 Å². The van der Waals surface area contributed by atoms with Crippen LogP contribution in [0, 0.1) is 29.1 Å². The Balaban J connectivity index is 1.72. The van der Waals surface area contributed by atoms with Crippen LogP contribution in [0.3, 0.4) is 0 Å². The van der Waals surface area contributed by atoms with E-state index < -0.39 is 5.83 Å². The Hall–Kier alpha value is -1.37. The van der Waals surface area contributed by atoms with E-state index in [0.717, 1.165) is 57.3 Å². The highest BCUT2D eigenvalue weighted by Crippen LogP contribution is 2.33. The lowest BCUT2D eigenvalue weighted by atomic mass is 9.81. The lowest BCUT2D eigenvalue weighted by molar-refractivity contribution is -0.157. The van der Waals surface area contributed by atoms with E-state index in [1.807, 2.05) is 0 Å². The van der Waals surface area contributed by atoms with Crippen molar-refractivity contribution in [2.24, 2.45) is 17.8 Å². The van der Waals surface area contributed by atoms with Crippen molar-refractivity contribution in [2.75, 3.05) is 0 Å². The maximum absolute atomic E-state index is 12.9. The van der Waals surface area contributed by atoms with Crippen LogP contribution in [0.5, 0.6) is 0 Å². The number of allylic oxidation sites excluding steroid dienone is 2. The van der Waals surface area contributed by atoms with Crippen LogP contribution in [-0.4, -0.2) is 12.1 Å². The van der Waals surface area contributed by atoms with E-state index in [1.54, 1.807) is 0 Å². The summed E-state index contributed by atoms with van der Waals surface area (Å²) in [6.07, 6.45) is 9.92. The van der Waals surface area contributed by atoms with Gasteiger partial charge >= 0.3 is 5.97 Å². The lowest BCUT2D eigenvalue weighted by Gasteiger charge is -2.30. The van der Waals surface area contributed by atoms with Gasteiger partial charge in [-0.3, -0.25) is 4.79 Å². The minimum absolute atomic E-state index is 0.0220. The zero-order valence-corrected chi connectivity index (χ0v) is 13.4. The second kappa shape index (κ2) is 8.31. The molecule has 0 saturated heterocycles. The third kappa shape index (κ3) is 4.83. The molecule has 0 radical (unpaired) electrons. The summed E-state index contributed by atoms with van der Waals surface area (Å²) in [6.45, 7) is 2.21. The highest BCUT2D eigenvalue weighted by molar-refractivity contribution is 5.72. The van der Waals surface area contributed by atoms with Crippen LogP contribution in [0.4, 0.5) is 4.39 Å². The minimum atomic E-state index is -0.701. The molecule has 0 heterocycles. The highest BCUT2D eigenvalue weighted by Gasteiger charge is 2.30. The number of nitrogens with zero attached hydrogens (tertiary/aromatic N) is 1. The van der Waals surface area contributed by atoms with Crippen molar-refractivity contribution in [1.82, 2.24) is 0 Å². The van der Waals surface area contributed by atoms with E-state index in [1.165, 1.54) is 18.6 Å². The molecule has 4 heteroatoms. The Morgan fingerprint density at radius 3 is 2.36 bits per heavy atom. The third-order valence-electron chi connectivity index (χ3n) is 5.25. The number of esters is 1. The summed E-state index contributed by atoms with van der Waals surface area (Å²) in [5, 5.41) is 8.45. The third-order valence-corrected chi connectivity index (χ3v) is 5.25. The first-order valence-electron chi connectivity index (χ1n) is 8.60. The van der Waals surface area contributed by atoms with Crippen LogP contribution < -0.4 is 0 Å². The molecule has 122 valence electrons. The van der Waals surface area contributed by atoms with E-state index in [-0.39, 0.29) is 23.9 Å². The molecule has 0 aliphatic heterocycles. The monoisotopic (exact) mass is 307 g/mol. The van der Waals surface area contributed by atoms with Gasteiger partial charge in [-0.15, -0.1) is 0 Å². The quantitative estimate of drug-likeness (QED) is 0.559. The van der Waals surface area contributed by atoms with Gasteiger partial charge in [0.05, 0.1) is 5.92 Å². The molecule has 22 heavy (non-hydrogen) atoms. The smallest absolute Gasteiger partial charge is 0.309 e. The van der Waals surface area contributed by atoms with Crippen molar-refractivity contribution < 1.29 is 13.9 Å². The van der Waals surface area contributed by atoms with Gasteiger partial charge in [0.15, 0.2) is 5.83 Å². The fourth-order valence-electron chi connectivity index (χ4n) is 3.68. The SMILES string of the molecule is CCC1CCC(C(=O)OC2CCC(/C=C(/F)C#N)CC2)CC1. The second-order valence-electron chi connectivity index (χ2n) is 6.73. The Bertz CT molecular complexity index is 438. The van der Waals surface area contributed by atoms with Crippen LogP contribution >= 0.6 is 0 Å². The number of carbonyl (C=O) groups is 1. The van der Waals surface area contributed by atoms with Gasteiger partial charge in [-0.25, -0.2) is 0 Å². The zero-order chi connectivity index (χ0) is 15.9. The fraction of sp³-hybridized carbons (Fsp3) is 0.778. The molecule has 0 unspecified atom stereocenters. The number of ether oxygens (including phenoxy) is 1. The van der Waals surface area contributed by atoms with Crippen molar-refractivity contribution in [2.45, 2.75) is 70.8 Å². The summed E-state index contributed by atoms with van der Waals surface area (Å²) in [4.78, 5) is 12.2. The summed E-state index contributed by atoms with van der Waals surface area (Å²) in [6, 6.07) is 1.52. The van der Waals surface area contributed by atoms with Gasteiger partial charge in [0, 0.05) is 0 Å². The second-order valence-corrected chi connectivity index (χ2v) is 6.73. The van der Waals surface area contributed by atoms with Crippen molar-refractivity contribution in [3.63, 3.8) is 0 Å². The first kappa shape index (κ1) is 17.0. The predicted molar refractivity (Wildman–Crippen MR) is 82.4 cm³/mol. The number of nitriles is 1. The van der Waals surface area contributed by atoms with Crippen molar-refractivity contribution in [3.05, 3.63) is 11.9 Å². The van der Waals surface area contributed by atoms with Gasteiger partial charge < -0.3 is 4.74 Å². The van der Waals surface area contributed by atoms with Crippen molar-refractivity contribution >= 4 is 5.97 Å². The molecule has 0 atom stereocenters. The van der Waals surface area contributed by atoms with Gasteiger partial charge in [-0.1, -0.05) is 13.3 Å². The Morgan fingerprint density at radius 1 is 1.18 bits per heavy atom. The van der Waals surface area contributed by atoms with Crippen molar-refractivity contribution in [1.29, 1.82) is 5.26 Å². The van der Waals surface area contributed by atoms with E-state index >= 15 is 0 Å². The predicted octanol–water partition coefficient (Wildman–Crippen LogP) is 4.68. The average molecular weight is 307 g/mol. The topological polar surface area (TPSA) is 50.1 Å². The van der Waals surface area contributed by atoms with Crippen LogP contribution in [0.15, 0.2) is 11.9 Å². The lowest BCUT2D eigenvalue weighted by Crippen LogP contribution is -2.29. The van der Waals surface area contributed by atoms with Gasteiger partial charge in [-0.05, 0) is 69.3 Å². The normalized spacial score (nSPS) is 33.0. The summed E-state index contributed by atoms with van der Waals surface area (Å²) < 4.78 is 18.6. The molecule has 0 bridgehead atoms. The van der Waals surface area contributed by atoms with E-state index in [9.17, 15) is 9.18 Å². The number of hydrogen-bond acceptors (Lipinski definition) is 3. The van der Waals surface area contributed by atoms with Gasteiger partial charge in [0.1, 0.15) is 12.2 Å². The van der Waals surface area contributed by atoms with Crippen LogP contribution in [0.1, 0.15) is 64.7 Å². The largest absolute Gasteiger partial charge is 0.462 e. The first-order valence-corrected chi connectivity index (χ1v) is 8.60.